The van der Waals surface area contributed by atoms with Crippen LogP contribution in [0.4, 0.5) is 0 Å². The Labute approximate surface area is 209 Å². The molecule has 3 heterocycles. The average Bonchev–Trinajstić information content (AvgIpc) is 3.16. The minimum atomic E-state index is -0.549. The molecule has 1 unspecified atom stereocenters. The van der Waals surface area contributed by atoms with Gasteiger partial charge in [-0.3, -0.25) is 14.5 Å². The summed E-state index contributed by atoms with van der Waals surface area (Å²) in [7, 11) is 0. The molecule has 5 rings (SSSR count). The summed E-state index contributed by atoms with van der Waals surface area (Å²) in [4.78, 5) is 31.4. The third-order valence-electron chi connectivity index (χ3n) is 6.55. The molecule has 1 amide bonds. The van der Waals surface area contributed by atoms with Crippen molar-refractivity contribution in [3.8, 4) is 5.75 Å². The van der Waals surface area contributed by atoms with Crippen LogP contribution in [0.25, 0.3) is 11.0 Å². The highest BCUT2D eigenvalue weighted by Gasteiger charge is 2.42. The predicted octanol–water partition coefficient (Wildman–Crippen LogP) is 4.50. The van der Waals surface area contributed by atoms with Crippen molar-refractivity contribution in [3.05, 3.63) is 74.6 Å². The lowest BCUT2D eigenvalue weighted by atomic mass is 9.98. The van der Waals surface area contributed by atoms with Gasteiger partial charge in [0.2, 0.25) is 5.76 Å². The van der Waals surface area contributed by atoms with Crippen molar-refractivity contribution in [2.75, 3.05) is 46.0 Å². The van der Waals surface area contributed by atoms with E-state index in [1.807, 2.05) is 31.2 Å². The van der Waals surface area contributed by atoms with Crippen LogP contribution in [0.2, 0.25) is 5.02 Å². The number of amides is 1. The number of carbonyl (C=O) groups excluding carboxylic acids is 1. The third-order valence-corrected chi connectivity index (χ3v) is 6.79. The summed E-state index contributed by atoms with van der Waals surface area (Å²) in [6, 6.07) is 12.0. The van der Waals surface area contributed by atoms with E-state index in [0.717, 1.165) is 51.3 Å². The van der Waals surface area contributed by atoms with Gasteiger partial charge in [-0.2, -0.15) is 0 Å². The van der Waals surface area contributed by atoms with Crippen molar-refractivity contribution >= 4 is 28.5 Å². The standard InChI is InChI=1S/C27H29ClN2O5/c1-2-13-34-20-6-3-5-18(16-20)24-23-25(31)21-17-19(28)7-8-22(21)35-26(23)27(32)30(24)10-4-9-29-11-14-33-15-12-29/h3,5-8,16-17,24H,2,4,9-15H2,1H3. The Morgan fingerprint density at radius 3 is 2.71 bits per heavy atom. The van der Waals surface area contributed by atoms with E-state index in [9.17, 15) is 9.59 Å². The van der Waals surface area contributed by atoms with Gasteiger partial charge in [0, 0.05) is 31.2 Å². The molecule has 0 saturated carbocycles. The monoisotopic (exact) mass is 496 g/mol. The second-order valence-electron chi connectivity index (χ2n) is 8.94. The van der Waals surface area contributed by atoms with Crippen LogP contribution in [0.5, 0.6) is 5.75 Å². The highest BCUT2D eigenvalue weighted by atomic mass is 35.5. The SMILES string of the molecule is CCCOc1cccc(C2c3c(oc4ccc(Cl)cc4c3=O)C(=O)N2CCCN2CCOCC2)c1. The van der Waals surface area contributed by atoms with Crippen molar-refractivity contribution in [2.45, 2.75) is 25.8 Å². The molecule has 2 aromatic carbocycles. The normalized spacial score (nSPS) is 18.3. The molecule has 1 fully saturated rings. The summed E-state index contributed by atoms with van der Waals surface area (Å²) in [6.45, 7) is 7.24. The second kappa shape index (κ2) is 10.4. The third kappa shape index (κ3) is 4.81. The smallest absolute Gasteiger partial charge is 0.290 e. The number of hydrogen-bond acceptors (Lipinski definition) is 6. The molecule has 2 aliphatic heterocycles. The Balaban J connectivity index is 1.53. The zero-order chi connectivity index (χ0) is 24.4. The van der Waals surface area contributed by atoms with Gasteiger partial charge >= 0.3 is 0 Å². The lowest BCUT2D eigenvalue weighted by molar-refractivity contribution is 0.0353. The molecule has 8 heteroatoms. The maximum atomic E-state index is 13.7. The Kier molecular flexibility index (Phi) is 7.09. The molecule has 2 aliphatic rings. The maximum absolute atomic E-state index is 13.7. The predicted molar refractivity (Wildman–Crippen MR) is 134 cm³/mol. The van der Waals surface area contributed by atoms with E-state index in [1.54, 1.807) is 23.1 Å². The molecule has 0 bridgehead atoms. The summed E-state index contributed by atoms with van der Waals surface area (Å²) in [5.74, 6) is 0.564. The van der Waals surface area contributed by atoms with Crippen LogP contribution >= 0.6 is 11.6 Å². The Bertz CT molecular complexity index is 1280. The summed E-state index contributed by atoms with van der Waals surface area (Å²) in [6.07, 6.45) is 1.67. The average molecular weight is 497 g/mol. The van der Waals surface area contributed by atoms with Gasteiger partial charge in [-0.05, 0) is 48.7 Å². The topological polar surface area (TPSA) is 72.2 Å². The number of rotatable bonds is 8. The maximum Gasteiger partial charge on any atom is 0.290 e. The number of halogens is 1. The van der Waals surface area contributed by atoms with Crippen LogP contribution in [0.3, 0.4) is 0 Å². The van der Waals surface area contributed by atoms with Crippen LogP contribution in [0.1, 0.15) is 47.5 Å². The van der Waals surface area contributed by atoms with Crippen LogP contribution in [0.15, 0.2) is 51.7 Å². The van der Waals surface area contributed by atoms with Crippen LogP contribution in [-0.2, 0) is 4.74 Å². The van der Waals surface area contributed by atoms with Gasteiger partial charge in [0.15, 0.2) is 5.43 Å². The summed E-state index contributed by atoms with van der Waals surface area (Å²) >= 11 is 6.18. The Hall–Kier alpha value is -2.87. The highest BCUT2D eigenvalue weighted by Crippen LogP contribution is 2.39. The molecule has 0 aliphatic carbocycles. The summed E-state index contributed by atoms with van der Waals surface area (Å²) in [5, 5.41) is 0.825. The minimum absolute atomic E-state index is 0.112. The van der Waals surface area contributed by atoms with E-state index in [1.165, 1.54) is 0 Å². The van der Waals surface area contributed by atoms with Crippen molar-refractivity contribution in [3.63, 3.8) is 0 Å². The van der Waals surface area contributed by atoms with Gasteiger partial charge in [0.05, 0.1) is 36.8 Å². The first-order valence-electron chi connectivity index (χ1n) is 12.2. The molecule has 7 nitrogen and oxygen atoms in total. The van der Waals surface area contributed by atoms with E-state index in [2.05, 4.69) is 4.90 Å². The van der Waals surface area contributed by atoms with Crippen molar-refractivity contribution in [1.29, 1.82) is 0 Å². The molecule has 1 atom stereocenters. The summed E-state index contributed by atoms with van der Waals surface area (Å²) < 4.78 is 17.3. The molecule has 0 spiro atoms. The van der Waals surface area contributed by atoms with Crippen LogP contribution in [0, 0.1) is 0 Å². The molecule has 184 valence electrons. The Morgan fingerprint density at radius 2 is 1.91 bits per heavy atom. The first-order chi connectivity index (χ1) is 17.1. The van der Waals surface area contributed by atoms with Crippen molar-refractivity contribution < 1.29 is 18.7 Å². The van der Waals surface area contributed by atoms with E-state index in [4.69, 9.17) is 25.5 Å². The van der Waals surface area contributed by atoms with E-state index < -0.39 is 6.04 Å². The van der Waals surface area contributed by atoms with Gasteiger partial charge in [0.1, 0.15) is 11.3 Å². The lowest BCUT2D eigenvalue weighted by Gasteiger charge is -2.29. The second-order valence-corrected chi connectivity index (χ2v) is 9.38. The number of fused-ring (bicyclic) bond motifs is 2. The molecule has 0 radical (unpaired) electrons. The zero-order valence-electron chi connectivity index (χ0n) is 19.8. The molecule has 1 saturated heterocycles. The molecule has 1 aromatic heterocycles. The molecule has 0 N–H and O–H groups in total. The fraction of sp³-hybridized carbons (Fsp3) is 0.407. The van der Waals surface area contributed by atoms with E-state index in [-0.39, 0.29) is 17.1 Å². The minimum Gasteiger partial charge on any atom is -0.494 e. The molecule has 3 aromatic rings. The van der Waals surface area contributed by atoms with E-state index >= 15 is 0 Å². The molecular weight excluding hydrogens is 468 g/mol. The number of ether oxygens (including phenoxy) is 2. The van der Waals surface area contributed by atoms with Crippen LogP contribution < -0.4 is 10.2 Å². The summed E-state index contributed by atoms with van der Waals surface area (Å²) in [5.41, 5.74) is 1.33. The molecule has 35 heavy (non-hydrogen) atoms. The van der Waals surface area contributed by atoms with Crippen molar-refractivity contribution in [2.24, 2.45) is 0 Å². The Morgan fingerprint density at radius 1 is 1.09 bits per heavy atom. The van der Waals surface area contributed by atoms with E-state index in [0.29, 0.717) is 40.5 Å². The largest absolute Gasteiger partial charge is 0.494 e. The van der Waals surface area contributed by atoms with Gasteiger partial charge in [0.25, 0.3) is 5.91 Å². The first-order valence-corrected chi connectivity index (χ1v) is 12.5. The number of hydrogen-bond donors (Lipinski definition) is 0. The highest BCUT2D eigenvalue weighted by molar-refractivity contribution is 6.31. The number of benzene rings is 2. The lowest BCUT2D eigenvalue weighted by Crippen LogP contribution is -2.38. The van der Waals surface area contributed by atoms with Crippen LogP contribution in [-0.4, -0.2) is 61.7 Å². The number of nitrogens with zero attached hydrogens (tertiary/aromatic N) is 2. The quantitative estimate of drug-likeness (QED) is 0.457. The number of morpholine rings is 1. The van der Waals surface area contributed by atoms with Crippen molar-refractivity contribution in [1.82, 2.24) is 9.80 Å². The van der Waals surface area contributed by atoms with Gasteiger partial charge < -0.3 is 18.8 Å². The van der Waals surface area contributed by atoms with Gasteiger partial charge in [-0.1, -0.05) is 30.7 Å². The van der Waals surface area contributed by atoms with Gasteiger partial charge in [-0.15, -0.1) is 0 Å². The first kappa shape index (κ1) is 23.9. The fourth-order valence-corrected chi connectivity index (χ4v) is 5.03. The molecular formula is C27H29ClN2O5. The van der Waals surface area contributed by atoms with Gasteiger partial charge in [-0.25, -0.2) is 0 Å². The number of carbonyl (C=O) groups is 1. The fourth-order valence-electron chi connectivity index (χ4n) is 4.85. The zero-order valence-corrected chi connectivity index (χ0v) is 20.6.